The summed E-state index contributed by atoms with van der Waals surface area (Å²) in [5, 5.41) is 0. The molecule has 0 aromatic heterocycles. The molecule has 2 N–H and O–H groups in total. The number of hydrogen-bond acceptors (Lipinski definition) is 3. The molecule has 2 rings (SSSR count). The molecule has 0 heterocycles. The van der Waals surface area contributed by atoms with Gasteiger partial charge < -0.3 is 10.3 Å². The van der Waals surface area contributed by atoms with Gasteiger partial charge in [0.15, 0.2) is 0 Å². The number of benzene rings is 2. The van der Waals surface area contributed by atoms with Crippen molar-refractivity contribution in [3.63, 3.8) is 0 Å². The molecule has 0 aliphatic carbocycles. The Morgan fingerprint density at radius 1 is 0.950 bits per heavy atom. The minimum absolute atomic E-state index is 0.000342. The molecule has 4 nitrogen and oxygen atoms in total. The lowest BCUT2D eigenvalue weighted by Gasteiger charge is -2.23. The van der Waals surface area contributed by atoms with Crippen LogP contribution in [0.25, 0.3) is 0 Å². The van der Waals surface area contributed by atoms with E-state index in [0.29, 0.717) is 0 Å². The van der Waals surface area contributed by atoms with Crippen LogP contribution >= 0.6 is 0 Å². The van der Waals surface area contributed by atoms with Gasteiger partial charge in [0.25, 0.3) is 0 Å². The second kappa shape index (κ2) is 6.73. The fourth-order valence-corrected chi connectivity index (χ4v) is 1.87. The van der Waals surface area contributed by atoms with E-state index in [0.717, 1.165) is 11.3 Å². The molecule has 0 radical (unpaired) electrons. The first-order valence-corrected chi connectivity index (χ1v) is 6.51. The highest BCUT2D eigenvalue weighted by Crippen LogP contribution is 2.15. The van der Waals surface area contributed by atoms with Crippen LogP contribution in [0, 0.1) is 0 Å². The van der Waals surface area contributed by atoms with Crippen molar-refractivity contribution in [2.24, 2.45) is 0 Å². The molecule has 1 atom stereocenters. The zero-order valence-corrected chi connectivity index (χ0v) is 11.7. The second-order valence-electron chi connectivity index (χ2n) is 4.71. The summed E-state index contributed by atoms with van der Waals surface area (Å²) in [6.45, 7) is 0. The molecule has 0 saturated carbocycles. The van der Waals surface area contributed by atoms with Gasteiger partial charge in [0.05, 0.1) is 0 Å². The van der Waals surface area contributed by atoms with Crippen LogP contribution in [-0.4, -0.2) is 24.9 Å². The maximum absolute atomic E-state index is 12.3. The van der Waals surface area contributed by atoms with Crippen LogP contribution in [-0.2, 0) is 4.79 Å². The quantitative estimate of drug-likeness (QED) is 0.819. The van der Waals surface area contributed by atoms with E-state index in [4.69, 9.17) is 0 Å². The van der Waals surface area contributed by atoms with E-state index >= 15 is 0 Å². The van der Waals surface area contributed by atoms with Gasteiger partial charge in [0.2, 0.25) is 5.91 Å². The zero-order valence-electron chi connectivity index (χ0n) is 11.7. The Hall–Kier alpha value is -2.33. The summed E-state index contributed by atoms with van der Waals surface area (Å²) in [5.74, 6) is -0.000342. The van der Waals surface area contributed by atoms with Crippen molar-refractivity contribution in [2.75, 3.05) is 19.5 Å². The lowest BCUT2D eigenvalue weighted by Crippen LogP contribution is -2.39. The van der Waals surface area contributed by atoms with Crippen LogP contribution in [0.5, 0.6) is 0 Å². The molecule has 4 heteroatoms. The van der Waals surface area contributed by atoms with E-state index in [1.54, 1.807) is 19.0 Å². The number of carbonyl (C=O) groups is 1. The smallest absolute Gasteiger partial charge is 0.245 e. The van der Waals surface area contributed by atoms with Crippen LogP contribution in [0.3, 0.4) is 0 Å². The van der Waals surface area contributed by atoms with Crippen molar-refractivity contribution < 1.29 is 4.79 Å². The number of amides is 1. The van der Waals surface area contributed by atoms with E-state index in [2.05, 4.69) is 10.9 Å². The average Bonchev–Trinajstić information content (AvgIpc) is 2.49. The summed E-state index contributed by atoms with van der Waals surface area (Å²) in [6.07, 6.45) is 0. The van der Waals surface area contributed by atoms with Crippen LogP contribution in [0.1, 0.15) is 11.6 Å². The molecule has 0 aliphatic rings. The molecule has 0 saturated heterocycles. The molecule has 1 unspecified atom stereocenters. The number of nitrogens with one attached hydrogen (secondary N) is 2. The monoisotopic (exact) mass is 269 g/mol. The first-order valence-electron chi connectivity index (χ1n) is 6.51. The van der Waals surface area contributed by atoms with Gasteiger partial charge in [-0.25, -0.2) is 5.43 Å². The number of anilines is 1. The van der Waals surface area contributed by atoms with Crippen LogP contribution < -0.4 is 10.9 Å². The van der Waals surface area contributed by atoms with Crippen molar-refractivity contribution in [1.82, 2.24) is 10.3 Å². The van der Waals surface area contributed by atoms with Crippen LogP contribution in [0.4, 0.5) is 5.69 Å². The SMILES string of the molecule is CN(C)C(=O)C(NNc1ccccc1)c1ccccc1. The average molecular weight is 269 g/mol. The fourth-order valence-electron chi connectivity index (χ4n) is 1.87. The Bertz CT molecular complexity index is 540. The summed E-state index contributed by atoms with van der Waals surface area (Å²) in [4.78, 5) is 13.9. The normalized spacial score (nSPS) is 11.7. The largest absolute Gasteiger partial charge is 0.347 e. The molecular weight excluding hydrogens is 250 g/mol. The van der Waals surface area contributed by atoms with Gasteiger partial charge in [-0.05, 0) is 17.7 Å². The topological polar surface area (TPSA) is 44.4 Å². The van der Waals surface area contributed by atoms with Gasteiger partial charge in [-0.15, -0.1) is 0 Å². The van der Waals surface area contributed by atoms with Crippen molar-refractivity contribution in [3.8, 4) is 0 Å². The molecule has 2 aromatic carbocycles. The lowest BCUT2D eigenvalue weighted by atomic mass is 10.1. The zero-order chi connectivity index (χ0) is 14.4. The predicted octanol–water partition coefficient (Wildman–Crippen LogP) is 2.43. The number of hydrogen-bond donors (Lipinski definition) is 2. The standard InChI is InChI=1S/C16H19N3O/c1-19(2)16(20)15(13-9-5-3-6-10-13)18-17-14-11-7-4-8-12-14/h3-12,15,17-18H,1-2H3. The van der Waals surface area contributed by atoms with Gasteiger partial charge >= 0.3 is 0 Å². The fraction of sp³-hybridized carbons (Fsp3) is 0.188. The van der Waals surface area contributed by atoms with Crippen LogP contribution in [0.15, 0.2) is 60.7 Å². The van der Waals surface area contributed by atoms with Crippen molar-refractivity contribution in [3.05, 3.63) is 66.2 Å². The molecule has 104 valence electrons. The molecule has 2 aromatic rings. The summed E-state index contributed by atoms with van der Waals surface area (Å²) in [6, 6.07) is 18.9. The second-order valence-corrected chi connectivity index (χ2v) is 4.71. The Morgan fingerprint density at radius 3 is 2.05 bits per heavy atom. The highest BCUT2D eigenvalue weighted by Gasteiger charge is 2.21. The Kier molecular flexibility index (Phi) is 4.74. The highest BCUT2D eigenvalue weighted by atomic mass is 16.2. The lowest BCUT2D eigenvalue weighted by molar-refractivity contribution is -0.130. The number of likely N-dealkylation sites (N-methyl/N-ethyl adjacent to an activating group) is 1. The summed E-state index contributed by atoms with van der Waals surface area (Å²) < 4.78 is 0. The van der Waals surface area contributed by atoms with Crippen molar-refractivity contribution in [1.29, 1.82) is 0 Å². The number of carbonyl (C=O) groups excluding carboxylic acids is 1. The van der Waals surface area contributed by atoms with E-state index < -0.39 is 6.04 Å². The number of rotatable bonds is 5. The third kappa shape index (κ3) is 3.59. The number of para-hydroxylation sites is 1. The predicted molar refractivity (Wildman–Crippen MR) is 81.1 cm³/mol. The first-order chi connectivity index (χ1) is 9.68. The third-order valence-corrected chi connectivity index (χ3v) is 2.96. The maximum Gasteiger partial charge on any atom is 0.245 e. The van der Waals surface area contributed by atoms with E-state index in [9.17, 15) is 4.79 Å². The van der Waals surface area contributed by atoms with Crippen molar-refractivity contribution >= 4 is 11.6 Å². The molecule has 0 bridgehead atoms. The van der Waals surface area contributed by atoms with E-state index in [1.807, 2.05) is 60.7 Å². The minimum atomic E-state index is -0.425. The molecule has 0 fully saturated rings. The first kappa shape index (κ1) is 14.1. The molecular formula is C16H19N3O. The number of hydrazine groups is 1. The Labute approximate surface area is 119 Å². The van der Waals surface area contributed by atoms with E-state index in [-0.39, 0.29) is 5.91 Å². The Morgan fingerprint density at radius 2 is 1.50 bits per heavy atom. The van der Waals surface area contributed by atoms with Gasteiger partial charge in [-0.1, -0.05) is 48.5 Å². The summed E-state index contributed by atoms with van der Waals surface area (Å²) in [5.41, 5.74) is 8.02. The molecule has 0 aliphatic heterocycles. The van der Waals surface area contributed by atoms with Crippen molar-refractivity contribution in [2.45, 2.75) is 6.04 Å². The van der Waals surface area contributed by atoms with Gasteiger partial charge in [0.1, 0.15) is 6.04 Å². The van der Waals surface area contributed by atoms with Gasteiger partial charge in [0, 0.05) is 19.8 Å². The Balaban J connectivity index is 2.13. The maximum atomic E-state index is 12.3. The summed E-state index contributed by atoms with van der Waals surface area (Å²) >= 11 is 0. The van der Waals surface area contributed by atoms with E-state index in [1.165, 1.54) is 0 Å². The van der Waals surface area contributed by atoms with Gasteiger partial charge in [-0.3, -0.25) is 4.79 Å². The molecule has 1 amide bonds. The van der Waals surface area contributed by atoms with Gasteiger partial charge in [-0.2, -0.15) is 0 Å². The third-order valence-electron chi connectivity index (χ3n) is 2.96. The highest BCUT2D eigenvalue weighted by molar-refractivity contribution is 5.83. The molecule has 20 heavy (non-hydrogen) atoms. The van der Waals surface area contributed by atoms with Crippen LogP contribution in [0.2, 0.25) is 0 Å². The number of nitrogens with zero attached hydrogens (tertiary/aromatic N) is 1. The summed E-state index contributed by atoms with van der Waals surface area (Å²) in [7, 11) is 3.50. The minimum Gasteiger partial charge on any atom is -0.347 e. The molecule has 0 spiro atoms.